The minimum atomic E-state index is -1.17. The maximum Gasteiger partial charge on any atom is 0.506 e. The van der Waals surface area contributed by atoms with E-state index in [0.717, 1.165) is 10.6 Å². The minimum Gasteiger partial charge on any atom is -0.283 e. The molecule has 0 spiro atoms. The maximum atomic E-state index is 8.65. The first-order chi connectivity index (χ1) is 6.13. The molecule has 1 aliphatic heterocycles. The summed E-state index contributed by atoms with van der Waals surface area (Å²) >= 11 is 7.00. The zero-order valence-electron chi connectivity index (χ0n) is 6.49. The Bertz CT molecular complexity index is 402. The summed E-state index contributed by atoms with van der Waals surface area (Å²) in [5.41, 5.74) is 6.48. The number of nitrogens with two attached hydrogens (primary N) is 1. The normalized spacial score (nSPS) is 24.7. The molecule has 13 heavy (non-hydrogen) atoms. The Kier molecular flexibility index (Phi) is 1.84. The molecule has 1 aromatic carbocycles. The van der Waals surface area contributed by atoms with Gasteiger partial charge >= 0.3 is 5.12 Å². The highest BCUT2D eigenvalue weighted by atomic mass is 35.5. The van der Waals surface area contributed by atoms with E-state index in [1.165, 1.54) is 11.8 Å². The molecule has 4 nitrogen and oxygen atoms in total. The standard InChI is InChI=1S/C7H6ClN4S/c8-4-1-2-5-6(3-4)13-7(9,11-5)12-10/h1-3,11H,9H2/q+1. The van der Waals surface area contributed by atoms with Gasteiger partial charge in [-0.3, -0.25) is 5.32 Å². The van der Waals surface area contributed by atoms with Crippen molar-refractivity contribution in [3.8, 4) is 0 Å². The highest BCUT2D eigenvalue weighted by Gasteiger charge is 2.47. The van der Waals surface area contributed by atoms with Gasteiger partial charge in [-0.1, -0.05) is 11.6 Å². The number of nitrogens with one attached hydrogen (secondary N) is 1. The van der Waals surface area contributed by atoms with Gasteiger partial charge in [-0.25, -0.2) is 5.73 Å². The number of benzene rings is 1. The van der Waals surface area contributed by atoms with Crippen molar-refractivity contribution in [2.45, 2.75) is 10.0 Å². The summed E-state index contributed by atoms with van der Waals surface area (Å²) in [5, 5.41) is 11.0. The second-order valence-corrected chi connectivity index (χ2v) is 4.37. The van der Waals surface area contributed by atoms with Crippen molar-refractivity contribution in [2.24, 2.45) is 5.73 Å². The summed E-state index contributed by atoms with van der Waals surface area (Å²) in [5.74, 6) is 0. The Labute approximate surface area is 84.1 Å². The van der Waals surface area contributed by atoms with E-state index in [9.17, 15) is 0 Å². The Morgan fingerprint density at radius 2 is 2.38 bits per heavy atom. The van der Waals surface area contributed by atoms with E-state index in [4.69, 9.17) is 22.7 Å². The van der Waals surface area contributed by atoms with Crippen LogP contribution in [0.4, 0.5) is 5.69 Å². The average Bonchev–Trinajstić information content (AvgIpc) is 2.42. The zero-order chi connectivity index (χ0) is 9.47. The minimum absolute atomic E-state index is 0.634. The molecule has 1 heterocycles. The van der Waals surface area contributed by atoms with Gasteiger partial charge in [0.15, 0.2) is 4.98 Å². The second-order valence-electron chi connectivity index (χ2n) is 2.66. The van der Waals surface area contributed by atoms with E-state index >= 15 is 0 Å². The number of halogens is 1. The zero-order valence-corrected chi connectivity index (χ0v) is 8.06. The van der Waals surface area contributed by atoms with Crippen LogP contribution in [-0.2, 0) is 0 Å². The lowest BCUT2D eigenvalue weighted by Crippen LogP contribution is -2.37. The molecule has 3 N–H and O–H groups in total. The smallest absolute Gasteiger partial charge is 0.283 e. The van der Waals surface area contributed by atoms with Gasteiger partial charge < -0.3 is 0 Å². The van der Waals surface area contributed by atoms with Crippen LogP contribution in [0.25, 0.3) is 4.98 Å². The lowest BCUT2D eigenvalue weighted by molar-refractivity contribution is 0.851. The molecule has 0 fully saturated rings. The van der Waals surface area contributed by atoms with Gasteiger partial charge in [0, 0.05) is 21.7 Å². The number of nitrogens with zero attached hydrogens (tertiary/aromatic N) is 2. The highest BCUT2D eigenvalue weighted by molar-refractivity contribution is 8.01. The van der Waals surface area contributed by atoms with Crippen LogP contribution in [0.2, 0.25) is 5.02 Å². The van der Waals surface area contributed by atoms with E-state index in [0.29, 0.717) is 5.02 Å². The Morgan fingerprint density at radius 1 is 1.62 bits per heavy atom. The first-order valence-electron chi connectivity index (χ1n) is 3.55. The van der Waals surface area contributed by atoms with Gasteiger partial charge in [-0.2, -0.15) is 0 Å². The summed E-state index contributed by atoms with van der Waals surface area (Å²) < 4.78 is 0. The maximum absolute atomic E-state index is 8.65. The number of diazo groups is 1. The summed E-state index contributed by atoms with van der Waals surface area (Å²) in [4.78, 5) is 3.93. The lowest BCUT2D eigenvalue weighted by Gasteiger charge is -1.99. The molecule has 0 bridgehead atoms. The number of fused-ring (bicyclic) bond motifs is 1. The summed E-state index contributed by atoms with van der Waals surface area (Å²) in [6.07, 6.45) is 0. The first kappa shape index (κ1) is 8.63. The third-order valence-electron chi connectivity index (χ3n) is 1.67. The SMILES string of the molecule is N#[N+]C1(N)Nc2ccc(Cl)cc2S1. The summed E-state index contributed by atoms with van der Waals surface area (Å²) in [6, 6.07) is 5.32. The van der Waals surface area contributed by atoms with Gasteiger partial charge in [0.05, 0.1) is 5.69 Å². The second kappa shape index (κ2) is 2.77. The predicted octanol–water partition coefficient (Wildman–Crippen LogP) is 2.28. The Balaban J connectivity index is 2.42. The van der Waals surface area contributed by atoms with Crippen molar-refractivity contribution in [3.05, 3.63) is 28.2 Å². The number of anilines is 1. The van der Waals surface area contributed by atoms with Crippen LogP contribution in [0.1, 0.15) is 0 Å². The fraction of sp³-hybridized carbons (Fsp3) is 0.143. The molecular formula is C7H6ClN4S+. The van der Waals surface area contributed by atoms with Crippen molar-refractivity contribution < 1.29 is 0 Å². The van der Waals surface area contributed by atoms with Crippen molar-refractivity contribution >= 4 is 29.1 Å². The van der Waals surface area contributed by atoms with Crippen molar-refractivity contribution in [1.29, 1.82) is 5.39 Å². The number of thioether (sulfide) groups is 1. The quantitative estimate of drug-likeness (QED) is 0.649. The average molecular weight is 214 g/mol. The molecule has 66 valence electrons. The highest BCUT2D eigenvalue weighted by Crippen LogP contribution is 2.44. The van der Waals surface area contributed by atoms with Gasteiger partial charge in [0.1, 0.15) is 0 Å². The predicted molar refractivity (Wildman–Crippen MR) is 52.9 cm³/mol. The van der Waals surface area contributed by atoms with E-state index in [2.05, 4.69) is 10.3 Å². The molecule has 1 atom stereocenters. The molecular weight excluding hydrogens is 208 g/mol. The Hall–Kier alpha value is -0.960. The molecule has 1 aromatic rings. The van der Waals surface area contributed by atoms with E-state index < -0.39 is 5.12 Å². The van der Waals surface area contributed by atoms with E-state index in [-0.39, 0.29) is 0 Å². The van der Waals surface area contributed by atoms with Gasteiger partial charge in [-0.15, -0.1) is 0 Å². The first-order valence-corrected chi connectivity index (χ1v) is 4.74. The van der Waals surface area contributed by atoms with Crippen LogP contribution >= 0.6 is 23.4 Å². The molecule has 1 unspecified atom stereocenters. The van der Waals surface area contributed by atoms with Crippen LogP contribution in [0.5, 0.6) is 0 Å². The van der Waals surface area contributed by atoms with Crippen molar-refractivity contribution in [1.82, 2.24) is 0 Å². The van der Waals surface area contributed by atoms with Crippen molar-refractivity contribution in [2.75, 3.05) is 5.32 Å². The van der Waals surface area contributed by atoms with Gasteiger partial charge in [0.25, 0.3) is 0 Å². The van der Waals surface area contributed by atoms with Gasteiger partial charge in [-0.05, 0) is 18.2 Å². The topological polar surface area (TPSA) is 66.2 Å². The number of rotatable bonds is 0. The number of hydrogen-bond acceptors (Lipinski definition) is 4. The summed E-state index contributed by atoms with van der Waals surface area (Å²) in [7, 11) is 0. The monoisotopic (exact) mass is 213 g/mol. The van der Waals surface area contributed by atoms with Crippen LogP contribution in [-0.4, -0.2) is 5.12 Å². The van der Waals surface area contributed by atoms with E-state index in [1.54, 1.807) is 18.2 Å². The Morgan fingerprint density at radius 3 is 3.08 bits per heavy atom. The fourth-order valence-corrected chi connectivity index (χ4v) is 2.30. The third-order valence-corrected chi connectivity index (χ3v) is 2.96. The summed E-state index contributed by atoms with van der Waals surface area (Å²) in [6.45, 7) is 0. The lowest BCUT2D eigenvalue weighted by atomic mass is 10.3. The van der Waals surface area contributed by atoms with Crippen LogP contribution in [0.15, 0.2) is 23.1 Å². The van der Waals surface area contributed by atoms with Crippen molar-refractivity contribution in [3.63, 3.8) is 0 Å². The molecule has 0 saturated heterocycles. The molecule has 2 rings (SSSR count). The molecule has 0 aliphatic carbocycles. The fourth-order valence-electron chi connectivity index (χ4n) is 1.12. The van der Waals surface area contributed by atoms with Gasteiger partial charge in [0.2, 0.25) is 5.39 Å². The molecule has 6 heteroatoms. The largest absolute Gasteiger partial charge is 0.506 e. The van der Waals surface area contributed by atoms with Crippen LogP contribution < -0.4 is 11.1 Å². The molecule has 0 amide bonds. The molecule has 0 aromatic heterocycles. The third kappa shape index (κ3) is 1.44. The molecule has 1 aliphatic rings. The van der Waals surface area contributed by atoms with Crippen LogP contribution in [0, 0.1) is 5.39 Å². The van der Waals surface area contributed by atoms with E-state index in [1.807, 2.05) is 0 Å². The molecule has 0 radical (unpaired) electrons. The number of hydrogen-bond donors (Lipinski definition) is 2. The van der Waals surface area contributed by atoms with Crippen LogP contribution in [0.3, 0.4) is 0 Å². The molecule has 0 saturated carbocycles.